The summed E-state index contributed by atoms with van der Waals surface area (Å²) in [6, 6.07) is 4.85. The Kier molecular flexibility index (Phi) is 4.40. The molecule has 2 amide bonds. The number of nitrogens with one attached hydrogen (secondary N) is 1. The zero-order chi connectivity index (χ0) is 21.8. The van der Waals surface area contributed by atoms with Crippen LogP contribution in [0.1, 0.15) is 41.6 Å². The van der Waals surface area contributed by atoms with Crippen LogP contribution in [0.2, 0.25) is 0 Å². The molecule has 2 aromatic heterocycles. The van der Waals surface area contributed by atoms with Crippen LogP contribution in [0.15, 0.2) is 35.1 Å². The molecule has 160 valence electrons. The summed E-state index contributed by atoms with van der Waals surface area (Å²) in [5.41, 5.74) is 2.12. The maximum Gasteiger partial charge on any atom is 0.261 e. The normalized spacial score (nSPS) is 19.9. The first-order chi connectivity index (χ1) is 14.8. The number of amides is 2. The summed E-state index contributed by atoms with van der Waals surface area (Å²) in [5, 5.41) is 11.1. The average molecular weight is 422 g/mol. The number of hydrogen-bond donors (Lipinski definition) is 1. The second kappa shape index (κ2) is 7.02. The number of rotatable bonds is 3. The van der Waals surface area contributed by atoms with Crippen LogP contribution < -0.4 is 5.32 Å². The predicted molar refractivity (Wildman–Crippen MR) is 109 cm³/mol. The summed E-state index contributed by atoms with van der Waals surface area (Å²) in [4.78, 5) is 31.8. The van der Waals surface area contributed by atoms with E-state index in [1.54, 1.807) is 41.2 Å². The highest BCUT2D eigenvalue weighted by molar-refractivity contribution is 6.07. The molecular formula is C21H22N6O4. The lowest BCUT2D eigenvalue weighted by molar-refractivity contribution is -0.119. The number of carbonyl (C=O) groups excluding carboxylic acids is 2. The molecule has 0 bridgehead atoms. The number of carbonyl (C=O) groups is 2. The minimum absolute atomic E-state index is 0.0777. The molecule has 3 aromatic rings. The monoisotopic (exact) mass is 422 g/mol. The molecule has 0 aliphatic carbocycles. The van der Waals surface area contributed by atoms with E-state index in [0.717, 1.165) is 5.56 Å². The van der Waals surface area contributed by atoms with Crippen molar-refractivity contribution in [3.05, 3.63) is 47.5 Å². The van der Waals surface area contributed by atoms with E-state index in [1.165, 1.54) is 0 Å². The highest BCUT2D eigenvalue weighted by atomic mass is 16.5. The standard InChI is InChI=1S/C21H22N6O4/c1-21(2)14-5-4-12(8-15(14)23-20(21)29)19(28)27-6-7-30-11-16(27)17-24-18(31-25-17)13-9-22-26(3)10-13/h4-5,8-10,16H,6-7,11H2,1-3H3,(H,23,29). The van der Waals surface area contributed by atoms with Gasteiger partial charge in [-0.05, 0) is 31.5 Å². The lowest BCUT2D eigenvalue weighted by Gasteiger charge is -2.33. The van der Waals surface area contributed by atoms with Crippen LogP contribution in [0.25, 0.3) is 11.5 Å². The zero-order valence-electron chi connectivity index (χ0n) is 17.5. The number of aromatic nitrogens is 4. The van der Waals surface area contributed by atoms with Crippen LogP contribution >= 0.6 is 0 Å². The Morgan fingerprint density at radius 3 is 2.94 bits per heavy atom. The van der Waals surface area contributed by atoms with Gasteiger partial charge >= 0.3 is 0 Å². The number of anilines is 1. The summed E-state index contributed by atoms with van der Waals surface area (Å²) in [5.74, 6) is 0.458. The van der Waals surface area contributed by atoms with Crippen LogP contribution in [0, 0.1) is 0 Å². The van der Waals surface area contributed by atoms with Gasteiger partial charge in [0.25, 0.3) is 11.8 Å². The molecule has 0 saturated carbocycles. The lowest BCUT2D eigenvalue weighted by atomic mass is 9.86. The molecule has 10 heteroatoms. The van der Waals surface area contributed by atoms with Crippen molar-refractivity contribution in [1.29, 1.82) is 0 Å². The highest BCUT2D eigenvalue weighted by Gasteiger charge is 2.39. The van der Waals surface area contributed by atoms with Gasteiger partial charge in [-0.25, -0.2) is 0 Å². The molecule has 4 heterocycles. The first-order valence-electron chi connectivity index (χ1n) is 10.0. The lowest BCUT2D eigenvalue weighted by Crippen LogP contribution is -2.43. The van der Waals surface area contributed by atoms with Crippen molar-refractivity contribution in [3.63, 3.8) is 0 Å². The van der Waals surface area contributed by atoms with Gasteiger partial charge in [0, 0.05) is 31.0 Å². The molecule has 0 radical (unpaired) electrons. The number of aryl methyl sites for hydroxylation is 1. The largest absolute Gasteiger partial charge is 0.377 e. The van der Waals surface area contributed by atoms with Gasteiger partial charge in [0.1, 0.15) is 6.04 Å². The van der Waals surface area contributed by atoms with Crippen molar-refractivity contribution in [3.8, 4) is 11.5 Å². The fourth-order valence-electron chi connectivity index (χ4n) is 3.97. The van der Waals surface area contributed by atoms with Gasteiger partial charge in [-0.1, -0.05) is 11.2 Å². The van der Waals surface area contributed by atoms with Crippen molar-refractivity contribution >= 4 is 17.5 Å². The fourth-order valence-corrected chi connectivity index (χ4v) is 3.97. The Balaban J connectivity index is 1.43. The molecule has 31 heavy (non-hydrogen) atoms. The fraction of sp³-hybridized carbons (Fsp3) is 0.381. The maximum absolute atomic E-state index is 13.4. The van der Waals surface area contributed by atoms with Gasteiger partial charge in [0.2, 0.25) is 5.91 Å². The van der Waals surface area contributed by atoms with Crippen LogP contribution in [0.4, 0.5) is 5.69 Å². The van der Waals surface area contributed by atoms with Crippen molar-refractivity contribution < 1.29 is 18.8 Å². The number of nitrogens with zero attached hydrogens (tertiary/aromatic N) is 5. The molecule has 5 rings (SSSR count). The van der Waals surface area contributed by atoms with E-state index < -0.39 is 11.5 Å². The second-order valence-electron chi connectivity index (χ2n) is 8.29. The molecule has 1 unspecified atom stereocenters. The van der Waals surface area contributed by atoms with Crippen molar-refractivity contribution in [2.45, 2.75) is 25.3 Å². The molecule has 10 nitrogen and oxygen atoms in total. The minimum atomic E-state index is -0.619. The Bertz CT molecular complexity index is 1180. The summed E-state index contributed by atoms with van der Waals surface area (Å²) in [6.45, 7) is 4.82. The summed E-state index contributed by atoms with van der Waals surface area (Å²) in [6.07, 6.45) is 3.41. The summed E-state index contributed by atoms with van der Waals surface area (Å²) in [7, 11) is 1.80. The van der Waals surface area contributed by atoms with E-state index in [0.29, 0.717) is 41.7 Å². The number of fused-ring (bicyclic) bond motifs is 1. The van der Waals surface area contributed by atoms with Gasteiger partial charge < -0.3 is 19.5 Å². The average Bonchev–Trinajstić information content (AvgIpc) is 3.46. The molecule has 1 atom stereocenters. The second-order valence-corrected chi connectivity index (χ2v) is 8.29. The van der Waals surface area contributed by atoms with E-state index in [1.807, 2.05) is 19.9 Å². The highest BCUT2D eigenvalue weighted by Crippen LogP contribution is 2.38. The smallest absolute Gasteiger partial charge is 0.261 e. The van der Waals surface area contributed by atoms with Gasteiger partial charge in [-0.2, -0.15) is 10.1 Å². The molecular weight excluding hydrogens is 400 g/mol. The van der Waals surface area contributed by atoms with Crippen LogP contribution in [0.5, 0.6) is 0 Å². The maximum atomic E-state index is 13.4. The van der Waals surface area contributed by atoms with E-state index in [-0.39, 0.29) is 18.4 Å². The molecule has 0 spiro atoms. The Morgan fingerprint density at radius 2 is 2.16 bits per heavy atom. The van der Waals surface area contributed by atoms with Crippen LogP contribution in [0.3, 0.4) is 0 Å². The Morgan fingerprint density at radius 1 is 1.32 bits per heavy atom. The molecule has 2 aliphatic rings. The molecule has 1 saturated heterocycles. The number of hydrogen-bond acceptors (Lipinski definition) is 7. The first-order valence-corrected chi connectivity index (χ1v) is 10.0. The van der Waals surface area contributed by atoms with Gasteiger partial charge in [-0.15, -0.1) is 0 Å². The SMILES string of the molecule is Cn1cc(-c2nc(C3COCCN3C(=O)c3ccc4c(c3)NC(=O)C4(C)C)no2)cn1. The van der Waals surface area contributed by atoms with E-state index in [2.05, 4.69) is 20.6 Å². The van der Waals surface area contributed by atoms with Crippen molar-refractivity contribution in [2.75, 3.05) is 25.1 Å². The molecule has 1 fully saturated rings. The topological polar surface area (TPSA) is 115 Å². The predicted octanol–water partition coefficient (Wildman–Crippen LogP) is 1.91. The first kappa shape index (κ1) is 19.4. The Hall–Kier alpha value is -3.53. The van der Waals surface area contributed by atoms with Gasteiger partial charge in [0.15, 0.2) is 5.82 Å². The molecule has 1 aromatic carbocycles. The third-order valence-electron chi connectivity index (χ3n) is 5.84. The molecule has 1 N–H and O–H groups in total. The summed E-state index contributed by atoms with van der Waals surface area (Å²) < 4.78 is 12.6. The number of morpholine rings is 1. The van der Waals surface area contributed by atoms with E-state index >= 15 is 0 Å². The zero-order valence-corrected chi connectivity index (χ0v) is 17.5. The number of benzene rings is 1. The third kappa shape index (κ3) is 3.19. The minimum Gasteiger partial charge on any atom is -0.377 e. The van der Waals surface area contributed by atoms with Gasteiger partial charge in [0.05, 0.1) is 30.4 Å². The summed E-state index contributed by atoms with van der Waals surface area (Å²) >= 11 is 0. The van der Waals surface area contributed by atoms with Crippen LogP contribution in [-0.2, 0) is 22.0 Å². The Labute approximate surface area is 178 Å². The van der Waals surface area contributed by atoms with E-state index in [9.17, 15) is 9.59 Å². The van der Waals surface area contributed by atoms with Crippen LogP contribution in [-0.4, -0.2) is 56.4 Å². The van der Waals surface area contributed by atoms with Gasteiger partial charge in [-0.3, -0.25) is 14.3 Å². The van der Waals surface area contributed by atoms with E-state index in [4.69, 9.17) is 9.26 Å². The van der Waals surface area contributed by atoms with Crippen molar-refractivity contribution in [2.24, 2.45) is 7.05 Å². The quantitative estimate of drug-likeness (QED) is 0.685. The molecule has 2 aliphatic heterocycles. The third-order valence-corrected chi connectivity index (χ3v) is 5.84. The number of ether oxygens (including phenoxy) is 1. The van der Waals surface area contributed by atoms with Crippen molar-refractivity contribution in [1.82, 2.24) is 24.8 Å².